The SMILES string of the molecule is Cc1ccsc1C(O)CNC(=O)Cc1ccc(S(=O)(=O)C(C)C)cc1. The minimum Gasteiger partial charge on any atom is -0.386 e. The van der Waals surface area contributed by atoms with E-state index in [1.807, 2.05) is 18.4 Å². The lowest BCUT2D eigenvalue weighted by molar-refractivity contribution is -0.120. The van der Waals surface area contributed by atoms with Gasteiger partial charge in [-0.05, 0) is 55.5 Å². The highest BCUT2D eigenvalue weighted by Crippen LogP contribution is 2.23. The maximum atomic E-state index is 12.1. The molecule has 1 heterocycles. The molecule has 0 spiro atoms. The number of benzene rings is 1. The third-order valence-corrected chi connectivity index (χ3v) is 7.22. The first-order valence-corrected chi connectivity index (χ1v) is 10.5. The van der Waals surface area contributed by atoms with Crippen LogP contribution in [0.25, 0.3) is 0 Å². The zero-order valence-electron chi connectivity index (χ0n) is 14.5. The topological polar surface area (TPSA) is 83.5 Å². The zero-order valence-corrected chi connectivity index (χ0v) is 16.2. The molecule has 1 aromatic carbocycles. The first-order valence-electron chi connectivity index (χ1n) is 8.03. The van der Waals surface area contributed by atoms with Crippen molar-refractivity contribution in [3.8, 4) is 0 Å². The molecule has 136 valence electrons. The number of hydrogen-bond donors (Lipinski definition) is 2. The first-order chi connectivity index (χ1) is 11.7. The summed E-state index contributed by atoms with van der Waals surface area (Å²) in [6.07, 6.45) is -0.583. The molecular formula is C18H23NO4S2. The largest absolute Gasteiger partial charge is 0.386 e. The molecule has 1 unspecified atom stereocenters. The molecule has 1 amide bonds. The van der Waals surface area contributed by atoms with E-state index in [0.29, 0.717) is 0 Å². The number of nitrogens with one attached hydrogen (secondary N) is 1. The molecule has 1 atom stereocenters. The van der Waals surface area contributed by atoms with Gasteiger partial charge < -0.3 is 10.4 Å². The Morgan fingerprint density at radius 3 is 2.36 bits per heavy atom. The molecule has 0 saturated heterocycles. The lowest BCUT2D eigenvalue weighted by Crippen LogP contribution is -2.29. The third-order valence-electron chi connectivity index (χ3n) is 3.93. The number of rotatable bonds is 7. The van der Waals surface area contributed by atoms with Crippen LogP contribution in [0, 0.1) is 6.92 Å². The van der Waals surface area contributed by atoms with Gasteiger partial charge in [0.25, 0.3) is 0 Å². The van der Waals surface area contributed by atoms with E-state index in [0.717, 1.165) is 16.0 Å². The van der Waals surface area contributed by atoms with Gasteiger partial charge in [0.15, 0.2) is 9.84 Å². The maximum Gasteiger partial charge on any atom is 0.224 e. The minimum absolute atomic E-state index is 0.137. The number of thiophene rings is 1. The Morgan fingerprint density at radius 1 is 1.20 bits per heavy atom. The number of sulfone groups is 1. The fraction of sp³-hybridized carbons (Fsp3) is 0.389. The summed E-state index contributed by atoms with van der Waals surface area (Å²) in [7, 11) is -3.31. The number of aryl methyl sites for hydroxylation is 1. The van der Waals surface area contributed by atoms with Gasteiger partial charge in [0, 0.05) is 11.4 Å². The molecule has 0 saturated carbocycles. The van der Waals surface area contributed by atoms with Crippen molar-refractivity contribution in [2.24, 2.45) is 0 Å². The van der Waals surface area contributed by atoms with Crippen LogP contribution in [0.1, 0.15) is 36.0 Å². The summed E-state index contributed by atoms with van der Waals surface area (Å²) in [6, 6.07) is 8.28. The number of carbonyl (C=O) groups excluding carboxylic acids is 1. The van der Waals surface area contributed by atoms with E-state index in [2.05, 4.69) is 5.32 Å². The van der Waals surface area contributed by atoms with Crippen LogP contribution >= 0.6 is 11.3 Å². The van der Waals surface area contributed by atoms with Crippen molar-refractivity contribution < 1.29 is 18.3 Å². The molecule has 0 bridgehead atoms. The molecule has 7 heteroatoms. The average Bonchev–Trinajstić information content (AvgIpc) is 2.99. The van der Waals surface area contributed by atoms with Crippen LogP contribution < -0.4 is 5.32 Å². The summed E-state index contributed by atoms with van der Waals surface area (Å²) >= 11 is 1.46. The van der Waals surface area contributed by atoms with E-state index in [9.17, 15) is 18.3 Å². The molecule has 2 rings (SSSR count). The van der Waals surface area contributed by atoms with Gasteiger partial charge in [-0.25, -0.2) is 8.42 Å². The minimum atomic E-state index is -3.31. The molecule has 0 fully saturated rings. The number of hydrogen-bond acceptors (Lipinski definition) is 5. The zero-order chi connectivity index (χ0) is 18.6. The Bertz CT molecular complexity index is 823. The second-order valence-electron chi connectivity index (χ2n) is 6.20. The highest BCUT2D eigenvalue weighted by molar-refractivity contribution is 7.92. The lowest BCUT2D eigenvalue weighted by atomic mass is 10.1. The van der Waals surface area contributed by atoms with Crippen molar-refractivity contribution >= 4 is 27.1 Å². The van der Waals surface area contributed by atoms with Gasteiger partial charge in [-0.3, -0.25) is 4.79 Å². The van der Waals surface area contributed by atoms with Gasteiger partial charge in [-0.1, -0.05) is 12.1 Å². The number of carbonyl (C=O) groups is 1. The molecule has 5 nitrogen and oxygen atoms in total. The average molecular weight is 382 g/mol. The van der Waals surface area contributed by atoms with Crippen LogP contribution in [0.15, 0.2) is 40.6 Å². The number of aliphatic hydroxyl groups is 1. The van der Waals surface area contributed by atoms with Crippen LogP contribution in [-0.4, -0.2) is 31.2 Å². The van der Waals surface area contributed by atoms with Crippen LogP contribution in [0.3, 0.4) is 0 Å². The summed E-state index contributed by atoms with van der Waals surface area (Å²) in [5.41, 5.74) is 1.73. The summed E-state index contributed by atoms with van der Waals surface area (Å²) < 4.78 is 24.2. The van der Waals surface area contributed by atoms with E-state index in [1.54, 1.807) is 26.0 Å². The molecule has 1 aromatic heterocycles. The Labute approximate surface area is 152 Å². The van der Waals surface area contributed by atoms with Gasteiger partial charge in [0.2, 0.25) is 5.91 Å². The summed E-state index contributed by atoms with van der Waals surface area (Å²) in [5, 5.41) is 14.2. The molecule has 25 heavy (non-hydrogen) atoms. The molecular weight excluding hydrogens is 358 g/mol. The fourth-order valence-corrected chi connectivity index (χ4v) is 4.32. The Morgan fingerprint density at radius 2 is 1.84 bits per heavy atom. The highest BCUT2D eigenvalue weighted by atomic mass is 32.2. The Kier molecular flexibility index (Phi) is 6.37. The molecule has 2 aromatic rings. The quantitative estimate of drug-likeness (QED) is 0.772. The van der Waals surface area contributed by atoms with Crippen LogP contribution in [0.5, 0.6) is 0 Å². The molecule has 2 N–H and O–H groups in total. The standard InChI is InChI=1S/C18H23NO4S2/c1-12(2)25(22,23)15-6-4-14(5-7-15)10-17(21)19-11-16(20)18-13(3)8-9-24-18/h4-9,12,16,20H,10-11H2,1-3H3,(H,19,21). The second kappa shape index (κ2) is 8.12. The van der Waals surface area contributed by atoms with E-state index in [1.165, 1.54) is 23.5 Å². The van der Waals surface area contributed by atoms with Crippen LogP contribution in [-0.2, 0) is 21.1 Å². The summed E-state index contributed by atoms with van der Waals surface area (Å²) in [4.78, 5) is 13.1. The van der Waals surface area contributed by atoms with Crippen molar-refractivity contribution in [3.05, 3.63) is 51.7 Å². The van der Waals surface area contributed by atoms with Crippen molar-refractivity contribution in [3.63, 3.8) is 0 Å². The summed E-state index contributed by atoms with van der Waals surface area (Å²) in [6.45, 7) is 5.35. The van der Waals surface area contributed by atoms with Gasteiger partial charge >= 0.3 is 0 Å². The molecule has 0 aliphatic heterocycles. The smallest absolute Gasteiger partial charge is 0.224 e. The second-order valence-corrected chi connectivity index (χ2v) is 9.65. The van der Waals surface area contributed by atoms with Crippen molar-refractivity contribution in [2.45, 2.75) is 43.4 Å². The predicted molar refractivity (Wildman–Crippen MR) is 99.5 cm³/mol. The monoisotopic (exact) mass is 381 g/mol. The highest BCUT2D eigenvalue weighted by Gasteiger charge is 2.19. The number of aliphatic hydroxyl groups excluding tert-OH is 1. The maximum absolute atomic E-state index is 12.1. The van der Waals surface area contributed by atoms with Gasteiger partial charge in [-0.2, -0.15) is 0 Å². The third kappa shape index (κ3) is 4.90. The van der Waals surface area contributed by atoms with E-state index in [4.69, 9.17) is 0 Å². The number of amides is 1. The first kappa shape index (κ1) is 19.6. The lowest BCUT2D eigenvalue weighted by Gasteiger charge is -2.12. The Balaban J connectivity index is 1.92. The Hall–Kier alpha value is -1.70. The van der Waals surface area contributed by atoms with E-state index >= 15 is 0 Å². The van der Waals surface area contributed by atoms with Crippen molar-refractivity contribution in [1.29, 1.82) is 0 Å². The van der Waals surface area contributed by atoms with E-state index in [-0.39, 0.29) is 23.8 Å². The molecule has 0 aliphatic rings. The van der Waals surface area contributed by atoms with Crippen LogP contribution in [0.2, 0.25) is 0 Å². The van der Waals surface area contributed by atoms with Crippen molar-refractivity contribution in [1.82, 2.24) is 5.32 Å². The summed E-state index contributed by atoms with van der Waals surface area (Å²) in [5.74, 6) is -0.215. The predicted octanol–water partition coefficient (Wildman–Crippen LogP) is 2.63. The molecule has 0 aliphatic carbocycles. The van der Waals surface area contributed by atoms with E-state index < -0.39 is 21.2 Å². The van der Waals surface area contributed by atoms with Crippen molar-refractivity contribution in [2.75, 3.05) is 6.54 Å². The fourth-order valence-electron chi connectivity index (χ4n) is 2.35. The van der Waals surface area contributed by atoms with Gasteiger partial charge in [-0.15, -0.1) is 11.3 Å². The molecule has 0 radical (unpaired) electrons. The van der Waals surface area contributed by atoms with Crippen LogP contribution in [0.4, 0.5) is 0 Å². The van der Waals surface area contributed by atoms with Gasteiger partial charge in [0.1, 0.15) is 6.10 Å². The normalized spacial score (nSPS) is 13.0. The van der Waals surface area contributed by atoms with Gasteiger partial charge in [0.05, 0.1) is 16.6 Å².